The second kappa shape index (κ2) is 6.76. The van der Waals surface area contributed by atoms with Crippen LogP contribution in [-0.2, 0) is 4.79 Å². The summed E-state index contributed by atoms with van der Waals surface area (Å²) in [4.78, 5) is 12.1. The van der Waals surface area contributed by atoms with Crippen molar-refractivity contribution in [3.63, 3.8) is 0 Å². The van der Waals surface area contributed by atoms with Crippen LogP contribution < -0.4 is 11.1 Å². The van der Waals surface area contributed by atoms with E-state index in [4.69, 9.17) is 17.3 Å². The third kappa shape index (κ3) is 4.31. The van der Waals surface area contributed by atoms with Crippen molar-refractivity contribution in [3.8, 4) is 0 Å². The van der Waals surface area contributed by atoms with Gasteiger partial charge in [0.1, 0.15) is 0 Å². The molecule has 0 fully saturated rings. The highest BCUT2D eigenvalue weighted by atomic mass is 35.5. The van der Waals surface area contributed by atoms with Gasteiger partial charge in [-0.2, -0.15) is 0 Å². The SMILES string of the molecule is Cc1ccc(NC(=O)C(CN)CC(C)C)c(Cl)c1. The molecule has 0 saturated carbocycles. The largest absolute Gasteiger partial charge is 0.330 e. The number of nitrogens with two attached hydrogens (primary N) is 1. The molecule has 1 amide bonds. The van der Waals surface area contributed by atoms with Crippen molar-refractivity contribution < 1.29 is 4.79 Å². The predicted molar refractivity (Wildman–Crippen MR) is 76.8 cm³/mol. The van der Waals surface area contributed by atoms with E-state index in [1.165, 1.54) is 0 Å². The maximum Gasteiger partial charge on any atom is 0.228 e. The Bertz CT molecular complexity index is 418. The van der Waals surface area contributed by atoms with Gasteiger partial charge in [0, 0.05) is 6.54 Å². The van der Waals surface area contributed by atoms with Gasteiger partial charge >= 0.3 is 0 Å². The molecule has 0 aliphatic carbocycles. The zero-order valence-corrected chi connectivity index (χ0v) is 11.9. The van der Waals surface area contributed by atoms with Crippen LogP contribution in [0.15, 0.2) is 18.2 Å². The summed E-state index contributed by atoms with van der Waals surface area (Å²) < 4.78 is 0. The lowest BCUT2D eigenvalue weighted by Gasteiger charge is -2.17. The number of amides is 1. The highest BCUT2D eigenvalue weighted by Crippen LogP contribution is 2.24. The van der Waals surface area contributed by atoms with Crippen molar-refractivity contribution in [3.05, 3.63) is 28.8 Å². The molecule has 0 aromatic heterocycles. The summed E-state index contributed by atoms with van der Waals surface area (Å²) in [6.07, 6.45) is 0.784. The molecule has 3 N–H and O–H groups in total. The Morgan fingerprint density at radius 3 is 2.61 bits per heavy atom. The molecule has 0 spiro atoms. The van der Waals surface area contributed by atoms with Crippen molar-refractivity contribution >= 4 is 23.2 Å². The molecule has 0 saturated heterocycles. The second-order valence-electron chi connectivity index (χ2n) is 5.03. The van der Waals surface area contributed by atoms with Crippen LogP contribution in [0.1, 0.15) is 25.8 Å². The van der Waals surface area contributed by atoms with Gasteiger partial charge in [0.15, 0.2) is 0 Å². The summed E-state index contributed by atoms with van der Waals surface area (Å²) in [7, 11) is 0. The average molecular weight is 269 g/mol. The summed E-state index contributed by atoms with van der Waals surface area (Å²) in [6, 6.07) is 5.57. The number of nitrogens with one attached hydrogen (secondary N) is 1. The summed E-state index contributed by atoms with van der Waals surface area (Å²) in [5.74, 6) is 0.220. The Labute approximate surface area is 114 Å². The maximum absolute atomic E-state index is 12.1. The minimum Gasteiger partial charge on any atom is -0.330 e. The van der Waals surface area contributed by atoms with Gasteiger partial charge in [-0.15, -0.1) is 0 Å². The molecule has 0 aliphatic rings. The summed E-state index contributed by atoms with van der Waals surface area (Å²) in [5.41, 5.74) is 7.36. The molecule has 1 rings (SSSR count). The lowest BCUT2D eigenvalue weighted by Crippen LogP contribution is -2.30. The topological polar surface area (TPSA) is 55.1 Å². The zero-order chi connectivity index (χ0) is 13.7. The van der Waals surface area contributed by atoms with Gasteiger partial charge in [-0.3, -0.25) is 4.79 Å². The van der Waals surface area contributed by atoms with Crippen LogP contribution >= 0.6 is 11.6 Å². The fourth-order valence-corrected chi connectivity index (χ4v) is 2.12. The molecule has 0 radical (unpaired) electrons. The quantitative estimate of drug-likeness (QED) is 0.862. The maximum atomic E-state index is 12.1. The van der Waals surface area contributed by atoms with Gasteiger partial charge in [0.2, 0.25) is 5.91 Å². The number of benzene rings is 1. The molecule has 1 aromatic rings. The number of carbonyl (C=O) groups is 1. The van der Waals surface area contributed by atoms with Crippen molar-refractivity contribution in [1.82, 2.24) is 0 Å². The van der Waals surface area contributed by atoms with Gasteiger partial charge in [0.05, 0.1) is 16.6 Å². The fraction of sp³-hybridized carbons (Fsp3) is 0.500. The number of carbonyl (C=O) groups excluding carboxylic acids is 1. The molecule has 3 nitrogen and oxygen atoms in total. The smallest absolute Gasteiger partial charge is 0.228 e. The van der Waals surface area contributed by atoms with Crippen molar-refractivity contribution in [2.75, 3.05) is 11.9 Å². The third-order valence-electron chi connectivity index (χ3n) is 2.79. The van der Waals surface area contributed by atoms with Crippen LogP contribution in [0.2, 0.25) is 5.02 Å². The van der Waals surface area contributed by atoms with Crippen LogP contribution in [0.25, 0.3) is 0 Å². The molecular weight excluding hydrogens is 248 g/mol. The number of aryl methyl sites for hydroxylation is 1. The first-order valence-corrected chi connectivity index (χ1v) is 6.59. The summed E-state index contributed by atoms with van der Waals surface area (Å²) in [6.45, 7) is 6.47. The van der Waals surface area contributed by atoms with E-state index in [0.717, 1.165) is 12.0 Å². The molecular formula is C14H21ClN2O. The van der Waals surface area contributed by atoms with E-state index in [1.807, 2.05) is 25.1 Å². The minimum atomic E-state index is -0.164. The first-order chi connectivity index (χ1) is 8.43. The number of halogens is 1. The third-order valence-corrected chi connectivity index (χ3v) is 3.11. The molecule has 18 heavy (non-hydrogen) atoms. The number of anilines is 1. The van der Waals surface area contributed by atoms with E-state index in [-0.39, 0.29) is 11.8 Å². The second-order valence-corrected chi connectivity index (χ2v) is 5.44. The monoisotopic (exact) mass is 268 g/mol. The Morgan fingerprint density at radius 2 is 2.11 bits per heavy atom. The van der Waals surface area contributed by atoms with E-state index in [0.29, 0.717) is 23.2 Å². The van der Waals surface area contributed by atoms with E-state index in [1.54, 1.807) is 0 Å². The van der Waals surface area contributed by atoms with E-state index < -0.39 is 0 Å². The lowest BCUT2D eigenvalue weighted by molar-refractivity contribution is -0.120. The average Bonchev–Trinajstić information content (AvgIpc) is 2.29. The minimum absolute atomic E-state index is 0.0584. The van der Waals surface area contributed by atoms with E-state index in [9.17, 15) is 4.79 Å². The first-order valence-electron chi connectivity index (χ1n) is 6.21. The number of rotatable bonds is 5. The van der Waals surface area contributed by atoms with Crippen molar-refractivity contribution in [2.45, 2.75) is 27.2 Å². The normalized spacial score (nSPS) is 12.6. The molecule has 0 aliphatic heterocycles. The molecule has 100 valence electrons. The first kappa shape index (κ1) is 15.0. The van der Waals surface area contributed by atoms with Crippen molar-refractivity contribution in [1.29, 1.82) is 0 Å². The molecule has 0 bridgehead atoms. The fourth-order valence-electron chi connectivity index (χ4n) is 1.84. The van der Waals surface area contributed by atoms with Crippen LogP contribution in [0.5, 0.6) is 0 Å². The zero-order valence-electron chi connectivity index (χ0n) is 11.2. The molecule has 1 unspecified atom stereocenters. The molecule has 4 heteroatoms. The number of hydrogen-bond donors (Lipinski definition) is 2. The molecule has 1 atom stereocenters. The van der Waals surface area contributed by atoms with Crippen LogP contribution in [0, 0.1) is 18.8 Å². The van der Waals surface area contributed by atoms with Gasteiger partial charge in [-0.05, 0) is 37.0 Å². The molecule has 1 aromatic carbocycles. The van der Waals surface area contributed by atoms with Crippen molar-refractivity contribution in [2.24, 2.45) is 17.6 Å². The van der Waals surface area contributed by atoms with Crippen LogP contribution in [0.3, 0.4) is 0 Å². The highest BCUT2D eigenvalue weighted by molar-refractivity contribution is 6.33. The standard InChI is InChI=1S/C14H21ClN2O/c1-9(2)6-11(8-16)14(18)17-13-5-4-10(3)7-12(13)15/h4-5,7,9,11H,6,8,16H2,1-3H3,(H,17,18). The molecule has 0 heterocycles. The summed E-state index contributed by atoms with van der Waals surface area (Å²) >= 11 is 6.08. The van der Waals surface area contributed by atoms with Gasteiger partial charge in [-0.1, -0.05) is 31.5 Å². The van der Waals surface area contributed by atoms with Gasteiger partial charge < -0.3 is 11.1 Å². The Kier molecular flexibility index (Phi) is 5.63. The Hall–Kier alpha value is -1.06. The highest BCUT2D eigenvalue weighted by Gasteiger charge is 2.18. The van der Waals surface area contributed by atoms with Crippen LogP contribution in [-0.4, -0.2) is 12.5 Å². The predicted octanol–water partition coefficient (Wildman–Crippen LogP) is 3.21. The van der Waals surface area contributed by atoms with Crippen LogP contribution in [0.4, 0.5) is 5.69 Å². The van der Waals surface area contributed by atoms with E-state index >= 15 is 0 Å². The van der Waals surface area contributed by atoms with Gasteiger partial charge in [-0.25, -0.2) is 0 Å². The number of hydrogen-bond acceptors (Lipinski definition) is 2. The Morgan fingerprint density at radius 1 is 1.44 bits per heavy atom. The summed E-state index contributed by atoms with van der Waals surface area (Å²) in [5, 5.41) is 3.40. The van der Waals surface area contributed by atoms with E-state index in [2.05, 4.69) is 19.2 Å². The van der Waals surface area contributed by atoms with Gasteiger partial charge in [0.25, 0.3) is 0 Å². The Balaban J connectivity index is 2.73. The lowest BCUT2D eigenvalue weighted by atomic mass is 9.96.